The maximum absolute atomic E-state index is 12.9. The summed E-state index contributed by atoms with van der Waals surface area (Å²) in [5.74, 6) is -0.884. The second kappa shape index (κ2) is 67.1. The van der Waals surface area contributed by atoms with Gasteiger partial charge in [-0.15, -0.1) is 0 Å². The Morgan fingerprint density at radius 1 is 0.266 bits per heavy atom. The number of carbonyl (C=O) groups is 3. The van der Waals surface area contributed by atoms with Crippen LogP contribution in [0.5, 0.6) is 0 Å². The van der Waals surface area contributed by atoms with Crippen LogP contribution in [-0.4, -0.2) is 37.2 Å². The molecule has 6 heteroatoms. The molecule has 6 nitrogen and oxygen atoms in total. The molecule has 1 atom stereocenters. The normalized spacial score (nSPS) is 12.6. The lowest BCUT2D eigenvalue weighted by Gasteiger charge is -2.18. The third kappa shape index (κ3) is 65.3. The molecule has 0 heterocycles. The van der Waals surface area contributed by atoms with Crippen LogP contribution in [0.15, 0.2) is 85.1 Å². The molecule has 0 N–H and O–H groups in total. The molecule has 456 valence electrons. The zero-order valence-electron chi connectivity index (χ0n) is 52.4. The molecular weight excluding hydrogens is 973 g/mol. The molecule has 0 fully saturated rings. The van der Waals surface area contributed by atoms with Gasteiger partial charge in [0.25, 0.3) is 0 Å². The summed E-state index contributed by atoms with van der Waals surface area (Å²) in [7, 11) is 0. The van der Waals surface area contributed by atoms with Gasteiger partial charge in [0.15, 0.2) is 6.10 Å². The first-order valence-electron chi connectivity index (χ1n) is 34.1. The van der Waals surface area contributed by atoms with E-state index in [1.165, 1.54) is 199 Å². The number of rotatable bonds is 62. The first kappa shape index (κ1) is 75.6. The van der Waals surface area contributed by atoms with Crippen molar-refractivity contribution < 1.29 is 28.6 Å². The van der Waals surface area contributed by atoms with Crippen LogP contribution in [0, 0.1) is 0 Å². The van der Waals surface area contributed by atoms with Crippen LogP contribution in [0.2, 0.25) is 0 Å². The molecular formula is C73H128O6. The Labute approximate surface area is 490 Å². The summed E-state index contributed by atoms with van der Waals surface area (Å²) < 4.78 is 16.9. The SMILES string of the molecule is CC/C=C\C/C=C\C/C=C\C/C=C\CCCCCCCCCCC(=O)OC(COC(=O)CCCCCCC/C=C\CCCC)COC(=O)CCCCCCCCCCCCCCCCCCC/C=C\C/C=C\CCCCCCC. The van der Waals surface area contributed by atoms with E-state index in [0.29, 0.717) is 19.3 Å². The van der Waals surface area contributed by atoms with E-state index >= 15 is 0 Å². The van der Waals surface area contributed by atoms with Crippen molar-refractivity contribution in [3.05, 3.63) is 85.1 Å². The zero-order valence-corrected chi connectivity index (χ0v) is 52.4. The molecule has 0 amide bonds. The summed E-state index contributed by atoms with van der Waals surface area (Å²) in [5.41, 5.74) is 0. The Morgan fingerprint density at radius 2 is 0.506 bits per heavy atom. The minimum absolute atomic E-state index is 0.0800. The lowest BCUT2D eigenvalue weighted by molar-refractivity contribution is -0.167. The van der Waals surface area contributed by atoms with Gasteiger partial charge in [0.2, 0.25) is 0 Å². The van der Waals surface area contributed by atoms with Gasteiger partial charge in [-0.1, -0.05) is 298 Å². The van der Waals surface area contributed by atoms with E-state index in [1.54, 1.807) is 0 Å². The van der Waals surface area contributed by atoms with E-state index in [-0.39, 0.29) is 31.1 Å². The minimum atomic E-state index is -0.784. The molecule has 0 aromatic heterocycles. The molecule has 0 aromatic rings. The average molecular weight is 1100 g/mol. The van der Waals surface area contributed by atoms with Crippen molar-refractivity contribution in [2.24, 2.45) is 0 Å². The van der Waals surface area contributed by atoms with Crippen LogP contribution in [0.25, 0.3) is 0 Å². The molecule has 0 aliphatic carbocycles. The van der Waals surface area contributed by atoms with Crippen molar-refractivity contribution in [3.63, 3.8) is 0 Å². The van der Waals surface area contributed by atoms with Gasteiger partial charge < -0.3 is 14.2 Å². The van der Waals surface area contributed by atoms with Crippen LogP contribution in [0.3, 0.4) is 0 Å². The topological polar surface area (TPSA) is 78.9 Å². The molecule has 0 bridgehead atoms. The first-order chi connectivity index (χ1) is 39.0. The fourth-order valence-corrected chi connectivity index (χ4v) is 9.74. The Hall–Kier alpha value is -3.41. The van der Waals surface area contributed by atoms with Crippen molar-refractivity contribution in [2.75, 3.05) is 13.2 Å². The van der Waals surface area contributed by atoms with E-state index in [4.69, 9.17) is 14.2 Å². The minimum Gasteiger partial charge on any atom is -0.462 e. The zero-order chi connectivity index (χ0) is 57.1. The van der Waals surface area contributed by atoms with E-state index in [0.717, 1.165) is 103 Å². The number of allylic oxidation sites excluding steroid dienone is 14. The van der Waals surface area contributed by atoms with Gasteiger partial charge in [0.1, 0.15) is 13.2 Å². The number of ether oxygens (including phenoxy) is 3. The quantitative estimate of drug-likeness (QED) is 0.0261. The second-order valence-electron chi connectivity index (χ2n) is 22.7. The Balaban J connectivity index is 4.20. The van der Waals surface area contributed by atoms with Gasteiger partial charge in [-0.25, -0.2) is 0 Å². The predicted molar refractivity (Wildman–Crippen MR) is 344 cm³/mol. The van der Waals surface area contributed by atoms with E-state index < -0.39 is 6.10 Å². The van der Waals surface area contributed by atoms with Crippen molar-refractivity contribution in [1.82, 2.24) is 0 Å². The summed E-state index contributed by atoms with van der Waals surface area (Å²) >= 11 is 0. The van der Waals surface area contributed by atoms with Crippen LogP contribution < -0.4 is 0 Å². The largest absolute Gasteiger partial charge is 0.462 e. The van der Waals surface area contributed by atoms with Crippen molar-refractivity contribution in [1.29, 1.82) is 0 Å². The Kier molecular flexibility index (Phi) is 64.2. The summed E-state index contributed by atoms with van der Waals surface area (Å²) in [6.07, 6.45) is 89.0. The summed E-state index contributed by atoms with van der Waals surface area (Å²) in [5, 5.41) is 0. The lowest BCUT2D eigenvalue weighted by atomic mass is 10.0. The summed E-state index contributed by atoms with van der Waals surface area (Å²) in [6, 6.07) is 0. The highest BCUT2D eigenvalue weighted by atomic mass is 16.6. The molecule has 0 spiro atoms. The Bertz CT molecular complexity index is 1500. The standard InChI is InChI=1S/C73H128O6/c1-4-7-10-13-16-19-22-24-26-28-30-32-33-34-35-36-37-38-39-41-42-44-46-48-51-54-57-60-63-66-72(75)78-69-70(68-77-71(74)65-62-59-56-53-50-21-18-15-12-9-6-3)79-73(76)67-64-61-58-55-52-49-47-45-43-40-31-29-27-25-23-20-17-14-11-8-5-2/h8,11,15,17-18,20,22,24-25,27-28,30-31,40,70H,4-7,9-10,12-14,16,19,21,23,26,29,32-39,41-69H2,1-3H3/b11-8-,18-15-,20-17-,24-22-,27-25-,30-28-,40-31-. The van der Waals surface area contributed by atoms with Crippen molar-refractivity contribution >= 4 is 17.9 Å². The number of unbranched alkanes of at least 4 members (excludes halogenated alkanes) is 37. The van der Waals surface area contributed by atoms with Gasteiger partial charge in [-0.2, -0.15) is 0 Å². The molecule has 0 rings (SSSR count). The molecule has 0 aliphatic heterocycles. The van der Waals surface area contributed by atoms with Gasteiger partial charge >= 0.3 is 17.9 Å². The highest BCUT2D eigenvalue weighted by molar-refractivity contribution is 5.71. The van der Waals surface area contributed by atoms with Gasteiger partial charge in [-0.3, -0.25) is 14.4 Å². The van der Waals surface area contributed by atoms with E-state index in [2.05, 4.69) is 106 Å². The van der Waals surface area contributed by atoms with Gasteiger partial charge in [0, 0.05) is 19.3 Å². The predicted octanol–water partition coefficient (Wildman–Crippen LogP) is 23.4. The molecule has 0 saturated carbocycles. The molecule has 0 aromatic carbocycles. The van der Waals surface area contributed by atoms with E-state index in [1.807, 2.05) is 0 Å². The smallest absolute Gasteiger partial charge is 0.306 e. The summed E-state index contributed by atoms with van der Waals surface area (Å²) in [6.45, 7) is 6.50. The molecule has 1 unspecified atom stereocenters. The number of hydrogen-bond acceptors (Lipinski definition) is 6. The number of esters is 3. The maximum atomic E-state index is 12.9. The van der Waals surface area contributed by atoms with Crippen molar-refractivity contribution in [3.8, 4) is 0 Å². The fraction of sp³-hybridized carbons (Fsp3) is 0.767. The third-order valence-corrected chi connectivity index (χ3v) is 14.9. The van der Waals surface area contributed by atoms with Crippen LogP contribution in [-0.2, 0) is 28.6 Å². The molecule has 0 saturated heterocycles. The fourth-order valence-electron chi connectivity index (χ4n) is 9.74. The monoisotopic (exact) mass is 1100 g/mol. The summed E-state index contributed by atoms with van der Waals surface area (Å²) in [4.78, 5) is 38.3. The van der Waals surface area contributed by atoms with Gasteiger partial charge in [0.05, 0.1) is 0 Å². The molecule has 0 radical (unpaired) electrons. The highest BCUT2D eigenvalue weighted by Gasteiger charge is 2.19. The Morgan fingerprint density at radius 3 is 0.823 bits per heavy atom. The number of carbonyl (C=O) groups excluding carboxylic acids is 3. The van der Waals surface area contributed by atoms with Gasteiger partial charge in [-0.05, 0) is 109 Å². The third-order valence-electron chi connectivity index (χ3n) is 14.9. The van der Waals surface area contributed by atoms with Crippen LogP contribution in [0.4, 0.5) is 0 Å². The second-order valence-corrected chi connectivity index (χ2v) is 22.7. The van der Waals surface area contributed by atoms with Crippen LogP contribution >= 0.6 is 0 Å². The number of hydrogen-bond donors (Lipinski definition) is 0. The maximum Gasteiger partial charge on any atom is 0.306 e. The van der Waals surface area contributed by atoms with E-state index in [9.17, 15) is 14.4 Å². The molecule has 0 aliphatic rings. The highest BCUT2D eigenvalue weighted by Crippen LogP contribution is 2.17. The van der Waals surface area contributed by atoms with Crippen LogP contribution in [0.1, 0.15) is 342 Å². The average Bonchev–Trinajstić information content (AvgIpc) is 3.45. The molecule has 79 heavy (non-hydrogen) atoms. The van der Waals surface area contributed by atoms with Crippen molar-refractivity contribution in [2.45, 2.75) is 348 Å². The lowest BCUT2D eigenvalue weighted by Crippen LogP contribution is -2.30. The first-order valence-corrected chi connectivity index (χ1v) is 34.1.